The molecule has 0 aliphatic heterocycles. The van der Waals surface area contributed by atoms with Crippen LogP contribution in [0.15, 0.2) is 48.5 Å². The van der Waals surface area contributed by atoms with Crippen molar-refractivity contribution in [2.75, 3.05) is 19.5 Å². The molecule has 0 fully saturated rings. The molecule has 0 spiro atoms. The highest BCUT2D eigenvalue weighted by molar-refractivity contribution is 6.09. The number of benzene rings is 2. The Morgan fingerprint density at radius 2 is 1.87 bits per heavy atom. The summed E-state index contributed by atoms with van der Waals surface area (Å²) < 4.78 is 12.4. The summed E-state index contributed by atoms with van der Waals surface area (Å²) in [5.41, 5.74) is 2.11. The average molecular weight is 404 g/mol. The topological polar surface area (TPSA) is 78.3 Å². The van der Waals surface area contributed by atoms with E-state index in [0.717, 1.165) is 47.1 Å². The Kier molecular flexibility index (Phi) is 5.52. The summed E-state index contributed by atoms with van der Waals surface area (Å²) in [5, 5.41) is 9.32. The van der Waals surface area contributed by atoms with Crippen LogP contribution in [0.4, 0.5) is 5.82 Å². The summed E-state index contributed by atoms with van der Waals surface area (Å²) in [7, 11) is 3.21. The first kappa shape index (κ1) is 19.7. The minimum atomic E-state index is -0.248. The third-order valence-electron chi connectivity index (χ3n) is 5.01. The lowest BCUT2D eigenvalue weighted by molar-refractivity contribution is 0.102. The van der Waals surface area contributed by atoms with Crippen molar-refractivity contribution in [3.05, 3.63) is 54.1 Å². The van der Waals surface area contributed by atoms with Gasteiger partial charge >= 0.3 is 0 Å². The number of carbonyl (C=O) groups is 1. The van der Waals surface area contributed by atoms with Crippen molar-refractivity contribution in [1.82, 2.24) is 14.8 Å². The van der Waals surface area contributed by atoms with Crippen LogP contribution in [0.3, 0.4) is 0 Å². The molecule has 0 aliphatic carbocycles. The van der Waals surface area contributed by atoms with E-state index in [4.69, 9.17) is 14.5 Å². The molecule has 154 valence electrons. The molecular formula is C23H24N4O3. The summed E-state index contributed by atoms with van der Waals surface area (Å²) in [6.07, 6.45) is 2.01. The molecule has 1 N–H and O–H groups in total. The minimum Gasteiger partial charge on any atom is -0.497 e. The quantitative estimate of drug-likeness (QED) is 0.485. The van der Waals surface area contributed by atoms with Crippen molar-refractivity contribution in [3.8, 4) is 11.5 Å². The normalized spacial score (nSPS) is 11.0. The molecule has 2 heterocycles. The van der Waals surface area contributed by atoms with Crippen LogP contribution in [0.5, 0.6) is 11.5 Å². The molecular weight excluding hydrogens is 380 g/mol. The molecule has 0 aliphatic rings. The standard InChI is InChI=1S/C23H24N4O3/c1-4-5-11-27-22-19(14-16-13-18(30-3)9-10-20(16)24-22)21(26-27)25-23(28)15-7-6-8-17(12-15)29-2/h6-10,12-14H,4-5,11H2,1-3H3,(H,25,26,28). The molecule has 0 atom stereocenters. The van der Waals surface area contributed by atoms with Crippen molar-refractivity contribution in [2.45, 2.75) is 26.3 Å². The molecule has 2 aromatic heterocycles. The highest BCUT2D eigenvalue weighted by atomic mass is 16.5. The van der Waals surface area contributed by atoms with Gasteiger partial charge in [-0.15, -0.1) is 0 Å². The van der Waals surface area contributed by atoms with Crippen LogP contribution in [0.2, 0.25) is 0 Å². The number of hydrogen-bond donors (Lipinski definition) is 1. The predicted molar refractivity (Wildman–Crippen MR) is 117 cm³/mol. The van der Waals surface area contributed by atoms with E-state index in [1.54, 1.807) is 38.5 Å². The zero-order chi connectivity index (χ0) is 21.1. The summed E-state index contributed by atoms with van der Waals surface area (Å²) >= 11 is 0. The van der Waals surface area contributed by atoms with E-state index in [2.05, 4.69) is 17.3 Å². The largest absolute Gasteiger partial charge is 0.497 e. The van der Waals surface area contributed by atoms with Crippen LogP contribution in [-0.2, 0) is 6.54 Å². The number of nitrogens with zero attached hydrogens (tertiary/aromatic N) is 3. The molecule has 7 heteroatoms. The Labute approximate surface area is 174 Å². The number of fused-ring (bicyclic) bond motifs is 2. The first-order chi connectivity index (χ1) is 14.6. The van der Waals surface area contributed by atoms with E-state index in [9.17, 15) is 4.79 Å². The number of pyridine rings is 1. The van der Waals surface area contributed by atoms with Crippen LogP contribution in [0.1, 0.15) is 30.1 Å². The fraction of sp³-hybridized carbons (Fsp3) is 0.261. The van der Waals surface area contributed by atoms with Gasteiger partial charge in [-0.1, -0.05) is 19.4 Å². The molecule has 0 bridgehead atoms. The van der Waals surface area contributed by atoms with Gasteiger partial charge in [-0.3, -0.25) is 4.79 Å². The third-order valence-corrected chi connectivity index (χ3v) is 5.01. The van der Waals surface area contributed by atoms with Crippen molar-refractivity contribution < 1.29 is 14.3 Å². The molecule has 0 radical (unpaired) electrons. The molecule has 0 unspecified atom stereocenters. The number of anilines is 1. The second-order valence-electron chi connectivity index (χ2n) is 7.03. The zero-order valence-electron chi connectivity index (χ0n) is 17.3. The summed E-state index contributed by atoms with van der Waals surface area (Å²) in [5.74, 6) is 1.62. The summed E-state index contributed by atoms with van der Waals surface area (Å²) in [4.78, 5) is 17.7. The number of unbranched alkanes of at least 4 members (excludes halogenated alkanes) is 1. The van der Waals surface area contributed by atoms with E-state index < -0.39 is 0 Å². The lowest BCUT2D eigenvalue weighted by atomic mass is 10.1. The molecule has 0 saturated heterocycles. The van der Waals surface area contributed by atoms with Gasteiger partial charge in [0.1, 0.15) is 11.5 Å². The first-order valence-electron chi connectivity index (χ1n) is 9.93. The Morgan fingerprint density at radius 3 is 2.63 bits per heavy atom. The molecule has 0 saturated carbocycles. The molecule has 1 amide bonds. The van der Waals surface area contributed by atoms with E-state index in [0.29, 0.717) is 17.1 Å². The van der Waals surface area contributed by atoms with Gasteiger partial charge in [-0.2, -0.15) is 5.10 Å². The number of carbonyl (C=O) groups excluding carboxylic acids is 1. The van der Waals surface area contributed by atoms with Gasteiger partial charge in [0, 0.05) is 17.5 Å². The van der Waals surface area contributed by atoms with Crippen LogP contribution in [-0.4, -0.2) is 34.9 Å². The molecule has 30 heavy (non-hydrogen) atoms. The SMILES string of the molecule is CCCCn1nc(NC(=O)c2cccc(OC)c2)c2cc3cc(OC)ccc3nc21. The molecule has 4 rings (SSSR count). The second-order valence-corrected chi connectivity index (χ2v) is 7.03. The number of amides is 1. The Bertz CT molecular complexity index is 1220. The fourth-order valence-corrected chi connectivity index (χ4v) is 3.36. The molecule has 7 nitrogen and oxygen atoms in total. The number of methoxy groups -OCH3 is 2. The van der Waals surface area contributed by atoms with Gasteiger partial charge in [0.15, 0.2) is 11.5 Å². The van der Waals surface area contributed by atoms with E-state index >= 15 is 0 Å². The van der Waals surface area contributed by atoms with Crippen LogP contribution >= 0.6 is 0 Å². The van der Waals surface area contributed by atoms with Gasteiger partial charge in [-0.25, -0.2) is 9.67 Å². The Morgan fingerprint density at radius 1 is 1.07 bits per heavy atom. The van der Waals surface area contributed by atoms with Crippen molar-refractivity contribution in [3.63, 3.8) is 0 Å². The van der Waals surface area contributed by atoms with E-state index in [1.807, 2.05) is 28.9 Å². The maximum atomic E-state index is 12.9. The summed E-state index contributed by atoms with van der Waals surface area (Å²) in [6.45, 7) is 2.86. The van der Waals surface area contributed by atoms with Crippen LogP contribution in [0.25, 0.3) is 21.9 Å². The lowest BCUT2D eigenvalue weighted by Crippen LogP contribution is -2.13. The first-order valence-corrected chi connectivity index (χ1v) is 9.93. The van der Waals surface area contributed by atoms with Crippen molar-refractivity contribution in [2.24, 2.45) is 0 Å². The Hall–Kier alpha value is -3.61. The number of ether oxygens (including phenoxy) is 2. The summed E-state index contributed by atoms with van der Waals surface area (Å²) in [6, 6.07) is 14.8. The molecule has 4 aromatic rings. The maximum Gasteiger partial charge on any atom is 0.257 e. The smallest absolute Gasteiger partial charge is 0.257 e. The number of aryl methyl sites for hydroxylation is 1. The van der Waals surface area contributed by atoms with E-state index in [1.165, 1.54) is 0 Å². The van der Waals surface area contributed by atoms with Crippen molar-refractivity contribution >= 4 is 33.7 Å². The van der Waals surface area contributed by atoms with Gasteiger partial charge in [-0.05, 0) is 48.9 Å². The second kappa shape index (κ2) is 8.41. The fourth-order valence-electron chi connectivity index (χ4n) is 3.36. The lowest BCUT2D eigenvalue weighted by Gasteiger charge is -2.05. The minimum absolute atomic E-state index is 0.248. The maximum absolute atomic E-state index is 12.9. The average Bonchev–Trinajstić information content (AvgIpc) is 3.11. The highest BCUT2D eigenvalue weighted by Crippen LogP contribution is 2.29. The predicted octanol–water partition coefficient (Wildman–Crippen LogP) is 4.65. The van der Waals surface area contributed by atoms with Gasteiger partial charge in [0.2, 0.25) is 0 Å². The van der Waals surface area contributed by atoms with Crippen LogP contribution < -0.4 is 14.8 Å². The number of rotatable bonds is 7. The Balaban J connectivity index is 1.78. The van der Waals surface area contributed by atoms with Gasteiger partial charge in [0.05, 0.1) is 25.1 Å². The van der Waals surface area contributed by atoms with E-state index in [-0.39, 0.29) is 5.91 Å². The molecule has 2 aromatic carbocycles. The number of nitrogens with one attached hydrogen (secondary N) is 1. The number of hydrogen-bond acceptors (Lipinski definition) is 5. The van der Waals surface area contributed by atoms with Crippen molar-refractivity contribution in [1.29, 1.82) is 0 Å². The highest BCUT2D eigenvalue weighted by Gasteiger charge is 2.17. The van der Waals surface area contributed by atoms with Gasteiger partial charge < -0.3 is 14.8 Å². The zero-order valence-corrected chi connectivity index (χ0v) is 17.3. The number of aromatic nitrogens is 3. The van der Waals surface area contributed by atoms with Gasteiger partial charge in [0.25, 0.3) is 5.91 Å². The van der Waals surface area contributed by atoms with Crippen LogP contribution in [0, 0.1) is 0 Å². The third kappa shape index (κ3) is 3.78. The monoisotopic (exact) mass is 404 g/mol.